The van der Waals surface area contributed by atoms with Crippen molar-refractivity contribution in [1.82, 2.24) is 19.4 Å². The van der Waals surface area contributed by atoms with E-state index in [0.29, 0.717) is 38.4 Å². The van der Waals surface area contributed by atoms with Crippen LogP contribution in [0.15, 0.2) is 6.20 Å². The van der Waals surface area contributed by atoms with Crippen LogP contribution in [0.5, 0.6) is 0 Å². The monoisotopic (exact) mass is 332 g/mol. The van der Waals surface area contributed by atoms with Gasteiger partial charge in [-0.3, -0.25) is 0 Å². The molecule has 5 nitrogen and oxygen atoms in total. The second-order valence-electron chi connectivity index (χ2n) is 5.93. The van der Waals surface area contributed by atoms with Gasteiger partial charge < -0.3 is 14.4 Å². The number of aromatic nitrogens is 2. The molecule has 8 heteroatoms. The average Bonchev–Trinajstić information content (AvgIpc) is 2.91. The van der Waals surface area contributed by atoms with Gasteiger partial charge in [-0.2, -0.15) is 13.2 Å². The van der Waals surface area contributed by atoms with Gasteiger partial charge in [-0.05, 0) is 26.2 Å². The Balaban J connectivity index is 2.00. The van der Waals surface area contributed by atoms with Gasteiger partial charge >= 0.3 is 12.2 Å². The molecule has 2 heterocycles. The van der Waals surface area contributed by atoms with E-state index in [1.54, 1.807) is 21.4 Å². The standard InChI is InChI=1S/C15H23F3N4O/c1-4-21(5-2)14(23)20(3)8-11-6-7-13-19-12(15(16,17)18)10-22(13)9-11/h10-11H,4-9H2,1-3H3. The number of amides is 2. The topological polar surface area (TPSA) is 41.4 Å². The van der Waals surface area contributed by atoms with Gasteiger partial charge in [0.05, 0.1) is 0 Å². The summed E-state index contributed by atoms with van der Waals surface area (Å²) in [7, 11) is 1.74. The van der Waals surface area contributed by atoms with E-state index in [4.69, 9.17) is 0 Å². The van der Waals surface area contributed by atoms with Gasteiger partial charge in [-0.15, -0.1) is 0 Å². The quantitative estimate of drug-likeness (QED) is 0.851. The minimum Gasteiger partial charge on any atom is -0.334 e. The average molecular weight is 332 g/mol. The number of nitrogens with zero attached hydrogens (tertiary/aromatic N) is 4. The summed E-state index contributed by atoms with van der Waals surface area (Å²) in [6, 6.07) is -0.0394. The fourth-order valence-electron chi connectivity index (χ4n) is 3.00. The lowest BCUT2D eigenvalue weighted by atomic mass is 9.99. The number of alkyl halides is 3. The fraction of sp³-hybridized carbons (Fsp3) is 0.733. The van der Waals surface area contributed by atoms with Gasteiger partial charge in [0.2, 0.25) is 0 Å². The number of aryl methyl sites for hydroxylation is 1. The first-order valence-corrected chi connectivity index (χ1v) is 7.89. The molecule has 0 saturated carbocycles. The summed E-state index contributed by atoms with van der Waals surface area (Å²) in [5.74, 6) is 0.619. The smallest absolute Gasteiger partial charge is 0.334 e. The lowest BCUT2D eigenvalue weighted by Crippen LogP contribution is -2.43. The van der Waals surface area contributed by atoms with E-state index in [9.17, 15) is 18.0 Å². The highest BCUT2D eigenvalue weighted by atomic mass is 19.4. The normalized spacial score (nSPS) is 17.7. The molecule has 130 valence electrons. The molecule has 1 aromatic heterocycles. The number of carbonyl (C=O) groups excluding carboxylic acids is 1. The van der Waals surface area contributed by atoms with Crippen LogP contribution < -0.4 is 0 Å². The van der Waals surface area contributed by atoms with Crippen LogP contribution >= 0.6 is 0 Å². The number of hydrogen-bond donors (Lipinski definition) is 0. The molecule has 1 aromatic rings. The highest BCUT2D eigenvalue weighted by Gasteiger charge is 2.36. The first kappa shape index (κ1) is 17.6. The number of fused-ring (bicyclic) bond motifs is 1. The number of carbonyl (C=O) groups is 1. The summed E-state index contributed by atoms with van der Waals surface area (Å²) in [5, 5.41) is 0. The van der Waals surface area contributed by atoms with Gasteiger partial charge in [0.25, 0.3) is 0 Å². The third kappa shape index (κ3) is 3.97. The second-order valence-corrected chi connectivity index (χ2v) is 5.93. The third-order valence-corrected chi connectivity index (χ3v) is 4.27. The molecule has 0 radical (unpaired) electrons. The first-order valence-electron chi connectivity index (χ1n) is 7.89. The zero-order chi connectivity index (χ0) is 17.2. The van der Waals surface area contributed by atoms with Crippen molar-refractivity contribution in [3.8, 4) is 0 Å². The molecule has 0 saturated heterocycles. The molecule has 1 unspecified atom stereocenters. The lowest BCUT2D eigenvalue weighted by Gasteiger charge is -2.31. The van der Waals surface area contributed by atoms with E-state index in [2.05, 4.69) is 4.98 Å². The zero-order valence-electron chi connectivity index (χ0n) is 13.7. The fourth-order valence-corrected chi connectivity index (χ4v) is 3.00. The second kappa shape index (κ2) is 6.80. The van der Waals surface area contributed by atoms with Crippen LogP contribution in [-0.4, -0.2) is 52.1 Å². The number of hydrogen-bond acceptors (Lipinski definition) is 2. The van der Waals surface area contributed by atoms with Crippen molar-refractivity contribution >= 4 is 6.03 Å². The van der Waals surface area contributed by atoms with Crippen LogP contribution in [0.25, 0.3) is 0 Å². The van der Waals surface area contributed by atoms with E-state index < -0.39 is 11.9 Å². The maximum Gasteiger partial charge on any atom is 0.434 e. The van der Waals surface area contributed by atoms with Crippen molar-refractivity contribution < 1.29 is 18.0 Å². The van der Waals surface area contributed by atoms with E-state index in [0.717, 1.165) is 12.6 Å². The van der Waals surface area contributed by atoms with Crippen molar-refractivity contribution in [3.05, 3.63) is 17.7 Å². The molecule has 1 aliphatic rings. The summed E-state index contributed by atoms with van der Waals surface area (Å²) >= 11 is 0. The van der Waals surface area contributed by atoms with Crippen LogP contribution in [0.1, 0.15) is 31.8 Å². The minimum atomic E-state index is -4.41. The van der Waals surface area contributed by atoms with E-state index >= 15 is 0 Å². The maximum absolute atomic E-state index is 12.7. The number of halogens is 3. The molecular formula is C15H23F3N4O. The summed E-state index contributed by atoms with van der Waals surface area (Å²) in [4.78, 5) is 19.3. The molecular weight excluding hydrogens is 309 g/mol. The SMILES string of the molecule is CCN(CC)C(=O)N(C)CC1CCc2nc(C(F)(F)F)cn2C1. The van der Waals surface area contributed by atoms with E-state index in [-0.39, 0.29) is 11.9 Å². The maximum atomic E-state index is 12.7. The van der Waals surface area contributed by atoms with Crippen molar-refractivity contribution in [2.45, 2.75) is 39.4 Å². The summed E-state index contributed by atoms with van der Waals surface area (Å²) < 4.78 is 39.7. The van der Waals surface area contributed by atoms with Crippen LogP contribution in [-0.2, 0) is 19.1 Å². The minimum absolute atomic E-state index is 0.0394. The number of imidazole rings is 1. The van der Waals surface area contributed by atoms with E-state index in [1.807, 2.05) is 13.8 Å². The Kier molecular flexibility index (Phi) is 5.21. The Morgan fingerprint density at radius 2 is 2.04 bits per heavy atom. The van der Waals surface area contributed by atoms with Gasteiger partial charge in [0.15, 0.2) is 5.69 Å². The number of urea groups is 1. The van der Waals surface area contributed by atoms with Gasteiger partial charge in [-0.25, -0.2) is 9.78 Å². The molecule has 0 fully saturated rings. The largest absolute Gasteiger partial charge is 0.434 e. The summed E-state index contributed by atoms with van der Waals surface area (Å²) in [6.07, 6.45) is -2.08. The predicted octanol–water partition coefficient (Wildman–Crippen LogP) is 2.86. The zero-order valence-corrected chi connectivity index (χ0v) is 13.7. The molecule has 23 heavy (non-hydrogen) atoms. The molecule has 0 N–H and O–H groups in total. The van der Waals surface area contributed by atoms with Gasteiger partial charge in [0.1, 0.15) is 5.82 Å². The van der Waals surface area contributed by atoms with Crippen LogP contribution in [0.4, 0.5) is 18.0 Å². The van der Waals surface area contributed by atoms with Gasteiger partial charge in [-0.1, -0.05) is 0 Å². The summed E-state index contributed by atoms with van der Waals surface area (Å²) in [5.41, 5.74) is -0.833. The molecule has 1 aliphatic heterocycles. The molecule has 0 bridgehead atoms. The molecule has 1 atom stereocenters. The van der Waals surface area contributed by atoms with Crippen molar-refractivity contribution in [3.63, 3.8) is 0 Å². The molecule has 0 aromatic carbocycles. The molecule has 2 rings (SSSR count). The third-order valence-electron chi connectivity index (χ3n) is 4.27. The first-order chi connectivity index (χ1) is 10.8. The van der Waals surface area contributed by atoms with Gasteiger partial charge in [0, 0.05) is 45.8 Å². The Hall–Kier alpha value is -1.73. The highest BCUT2D eigenvalue weighted by Crippen LogP contribution is 2.30. The summed E-state index contributed by atoms with van der Waals surface area (Å²) in [6.45, 7) is 6.14. The number of rotatable bonds is 4. The van der Waals surface area contributed by atoms with Crippen molar-refractivity contribution in [2.75, 3.05) is 26.7 Å². The lowest BCUT2D eigenvalue weighted by molar-refractivity contribution is -0.141. The van der Waals surface area contributed by atoms with Crippen LogP contribution in [0.3, 0.4) is 0 Å². The molecule has 0 spiro atoms. The predicted molar refractivity (Wildman–Crippen MR) is 80.0 cm³/mol. The Morgan fingerprint density at radius 3 is 2.61 bits per heavy atom. The van der Waals surface area contributed by atoms with Crippen LogP contribution in [0, 0.1) is 5.92 Å². The Labute approximate surface area is 134 Å². The van der Waals surface area contributed by atoms with Crippen molar-refractivity contribution in [2.24, 2.45) is 5.92 Å². The Morgan fingerprint density at radius 1 is 1.39 bits per heavy atom. The van der Waals surface area contributed by atoms with Crippen LogP contribution in [0.2, 0.25) is 0 Å². The van der Waals surface area contributed by atoms with E-state index in [1.165, 1.54) is 0 Å². The van der Waals surface area contributed by atoms with Crippen molar-refractivity contribution in [1.29, 1.82) is 0 Å². The highest BCUT2D eigenvalue weighted by molar-refractivity contribution is 5.74. The Bertz CT molecular complexity index is 551. The molecule has 2 amide bonds. The molecule has 0 aliphatic carbocycles.